The topological polar surface area (TPSA) is 79.1 Å². The van der Waals surface area contributed by atoms with Crippen molar-refractivity contribution >= 4 is 5.69 Å². The third-order valence-electron chi connectivity index (χ3n) is 8.82. The highest BCUT2D eigenvalue weighted by Gasteiger charge is 2.23. The highest BCUT2D eigenvalue weighted by molar-refractivity contribution is 5.73. The molecule has 8 nitrogen and oxygen atoms in total. The molecule has 2 aliphatic rings. The second-order valence-electron chi connectivity index (χ2n) is 11.9. The molecule has 2 saturated heterocycles. The molecule has 0 radical (unpaired) electrons. The summed E-state index contributed by atoms with van der Waals surface area (Å²) in [5, 5.41) is 3.30. The van der Waals surface area contributed by atoms with Gasteiger partial charge in [-0.2, -0.15) is 0 Å². The number of aryl methyl sites for hydroxylation is 2. The fourth-order valence-corrected chi connectivity index (χ4v) is 6.33. The molecule has 0 spiro atoms. The third-order valence-corrected chi connectivity index (χ3v) is 8.82. The quantitative estimate of drug-likeness (QED) is 0.226. The van der Waals surface area contributed by atoms with E-state index in [-0.39, 0.29) is 5.56 Å². The van der Waals surface area contributed by atoms with E-state index < -0.39 is 0 Å². The minimum Gasteiger partial charge on any atom is -0.381 e. The smallest absolute Gasteiger partial charge is 0.252 e. The van der Waals surface area contributed by atoms with Crippen molar-refractivity contribution in [3.05, 3.63) is 86.3 Å². The molecule has 1 aromatic heterocycles. The van der Waals surface area contributed by atoms with E-state index in [1.807, 2.05) is 19.9 Å². The number of rotatable bonds is 12. The number of benzene rings is 2. The Hall–Kier alpha value is -3.01. The zero-order chi connectivity index (χ0) is 30.2. The van der Waals surface area contributed by atoms with Crippen LogP contribution in [0.15, 0.2) is 47.3 Å². The molecule has 0 aliphatic carbocycles. The van der Waals surface area contributed by atoms with Crippen molar-refractivity contribution in [2.24, 2.45) is 0 Å². The molecular weight excluding hydrogens is 540 g/mol. The van der Waals surface area contributed by atoms with Gasteiger partial charge < -0.3 is 24.1 Å². The largest absolute Gasteiger partial charge is 0.381 e. The van der Waals surface area contributed by atoms with Crippen LogP contribution in [0.25, 0.3) is 11.1 Å². The van der Waals surface area contributed by atoms with Crippen molar-refractivity contribution in [3.63, 3.8) is 0 Å². The van der Waals surface area contributed by atoms with Gasteiger partial charge in [0.1, 0.15) is 0 Å². The van der Waals surface area contributed by atoms with Gasteiger partial charge in [0.05, 0.1) is 26.6 Å². The summed E-state index contributed by atoms with van der Waals surface area (Å²) >= 11 is 0. The third kappa shape index (κ3) is 8.13. The number of hydrogen-bond donors (Lipinski definition) is 2. The van der Waals surface area contributed by atoms with Crippen LogP contribution in [0.2, 0.25) is 0 Å². The molecule has 3 aromatic rings. The maximum atomic E-state index is 12.4. The minimum atomic E-state index is -0.0399. The van der Waals surface area contributed by atoms with Gasteiger partial charge in [-0.05, 0) is 92.1 Å². The molecule has 2 N–H and O–H groups in total. The van der Waals surface area contributed by atoms with E-state index in [0.29, 0.717) is 25.9 Å². The number of pyridine rings is 1. The lowest BCUT2D eigenvalue weighted by Gasteiger charge is -2.37. The Morgan fingerprint density at radius 3 is 2.40 bits per heavy atom. The zero-order valence-electron chi connectivity index (χ0n) is 26.3. The summed E-state index contributed by atoms with van der Waals surface area (Å²) in [4.78, 5) is 20.3. The van der Waals surface area contributed by atoms with E-state index in [1.54, 1.807) is 0 Å². The number of morpholine rings is 1. The predicted molar refractivity (Wildman–Crippen MR) is 173 cm³/mol. The maximum absolute atomic E-state index is 12.4. The number of aromatic nitrogens is 1. The first kappa shape index (κ1) is 31.4. The summed E-state index contributed by atoms with van der Waals surface area (Å²) in [7, 11) is 0. The average molecular weight is 589 g/mol. The van der Waals surface area contributed by atoms with Gasteiger partial charge in [0.15, 0.2) is 0 Å². The van der Waals surface area contributed by atoms with Gasteiger partial charge in [-0.15, -0.1) is 0 Å². The number of anilines is 1. The summed E-state index contributed by atoms with van der Waals surface area (Å²) in [5.41, 5.74) is 10.0. The van der Waals surface area contributed by atoms with Crippen LogP contribution in [0.5, 0.6) is 0 Å². The number of nitrogens with zero attached hydrogens (tertiary/aromatic N) is 2. The fourth-order valence-electron chi connectivity index (χ4n) is 6.33. The van der Waals surface area contributed by atoms with Crippen LogP contribution >= 0.6 is 0 Å². The fraction of sp³-hybridized carbons (Fsp3) is 0.514. The van der Waals surface area contributed by atoms with Crippen LogP contribution < -0.4 is 15.8 Å². The van der Waals surface area contributed by atoms with Crippen molar-refractivity contribution in [2.45, 2.75) is 66.3 Å². The van der Waals surface area contributed by atoms with Gasteiger partial charge in [0.25, 0.3) is 5.56 Å². The predicted octanol–water partition coefficient (Wildman–Crippen LogP) is 5.07. The summed E-state index contributed by atoms with van der Waals surface area (Å²) < 4.78 is 17.4. The van der Waals surface area contributed by atoms with Crippen molar-refractivity contribution in [2.75, 3.05) is 57.7 Å². The van der Waals surface area contributed by atoms with Gasteiger partial charge in [-0.25, -0.2) is 0 Å². The van der Waals surface area contributed by atoms with E-state index in [2.05, 4.69) is 70.3 Å². The molecule has 0 saturated carbocycles. The summed E-state index contributed by atoms with van der Waals surface area (Å²) in [5.74, 6) is 0. The normalized spacial score (nSPS) is 16.5. The Balaban J connectivity index is 1.33. The molecule has 232 valence electrons. The average Bonchev–Trinajstić information content (AvgIpc) is 3.01. The molecule has 0 atom stereocenters. The SMILES string of the molecule is CCN(c1cc(-c2ccc(CN3CCOCC3)cc2)cc(COCNCc2c(C)cc(C)[nH]c2=O)c1C)C1CCOCC1. The second kappa shape index (κ2) is 15.1. The molecule has 2 fully saturated rings. The zero-order valence-corrected chi connectivity index (χ0v) is 26.3. The molecule has 2 aromatic carbocycles. The molecule has 5 rings (SSSR count). The van der Waals surface area contributed by atoms with Crippen molar-refractivity contribution in [1.82, 2.24) is 15.2 Å². The Morgan fingerprint density at radius 2 is 1.70 bits per heavy atom. The second-order valence-corrected chi connectivity index (χ2v) is 11.9. The highest BCUT2D eigenvalue weighted by atomic mass is 16.5. The van der Waals surface area contributed by atoms with Gasteiger partial charge >= 0.3 is 0 Å². The highest BCUT2D eigenvalue weighted by Crippen LogP contribution is 2.34. The maximum Gasteiger partial charge on any atom is 0.252 e. The van der Waals surface area contributed by atoms with Crippen LogP contribution in [-0.4, -0.2) is 68.7 Å². The molecule has 8 heteroatoms. The monoisotopic (exact) mass is 588 g/mol. The molecule has 2 aliphatic heterocycles. The number of nitrogens with one attached hydrogen (secondary N) is 2. The Bertz CT molecular complexity index is 1390. The summed E-state index contributed by atoms with van der Waals surface area (Å²) in [6.45, 7) is 16.8. The van der Waals surface area contributed by atoms with Crippen LogP contribution in [0.3, 0.4) is 0 Å². The molecule has 0 amide bonds. The van der Waals surface area contributed by atoms with Crippen LogP contribution in [0, 0.1) is 20.8 Å². The van der Waals surface area contributed by atoms with Crippen LogP contribution in [0.1, 0.15) is 53.3 Å². The standard InChI is InChI=1S/C35H48N4O4/c1-5-39(32-10-14-41-15-11-32)34-20-30(29-8-6-28(7-9-29)22-38-12-16-42-17-13-38)19-31(27(34)4)23-43-24-36-21-33-25(2)18-26(3)37-35(33)40/h6-9,18-20,32,36H,5,10-17,21-24H2,1-4H3,(H,37,40). The van der Waals surface area contributed by atoms with E-state index in [0.717, 1.165) is 82.3 Å². The van der Waals surface area contributed by atoms with E-state index in [4.69, 9.17) is 14.2 Å². The Labute approximate surface area is 256 Å². The van der Waals surface area contributed by atoms with Gasteiger partial charge in [0.2, 0.25) is 0 Å². The number of H-pyrrole nitrogens is 1. The number of hydrogen-bond acceptors (Lipinski definition) is 7. The van der Waals surface area contributed by atoms with Gasteiger partial charge in [-0.1, -0.05) is 24.3 Å². The van der Waals surface area contributed by atoms with E-state index >= 15 is 0 Å². The first-order valence-corrected chi connectivity index (χ1v) is 15.8. The first-order chi connectivity index (χ1) is 20.9. The molecule has 43 heavy (non-hydrogen) atoms. The lowest BCUT2D eigenvalue weighted by Crippen LogP contribution is -2.40. The van der Waals surface area contributed by atoms with Crippen molar-refractivity contribution < 1.29 is 14.2 Å². The van der Waals surface area contributed by atoms with E-state index in [9.17, 15) is 4.79 Å². The lowest BCUT2D eigenvalue weighted by molar-refractivity contribution is 0.0342. The lowest BCUT2D eigenvalue weighted by atomic mass is 9.95. The first-order valence-electron chi connectivity index (χ1n) is 15.8. The molecule has 3 heterocycles. The van der Waals surface area contributed by atoms with Gasteiger partial charge in [0, 0.05) is 68.9 Å². The summed E-state index contributed by atoms with van der Waals surface area (Å²) in [6.07, 6.45) is 2.09. The van der Waals surface area contributed by atoms with Crippen molar-refractivity contribution in [3.8, 4) is 11.1 Å². The Morgan fingerprint density at radius 1 is 0.977 bits per heavy atom. The molecular formula is C35H48N4O4. The molecule has 0 unspecified atom stereocenters. The summed E-state index contributed by atoms with van der Waals surface area (Å²) in [6, 6.07) is 16.1. The number of aromatic amines is 1. The Kier molecular flexibility index (Phi) is 11.1. The van der Waals surface area contributed by atoms with Crippen molar-refractivity contribution in [1.29, 1.82) is 0 Å². The molecule has 0 bridgehead atoms. The van der Waals surface area contributed by atoms with Crippen LogP contribution in [-0.2, 0) is 33.9 Å². The number of ether oxygens (including phenoxy) is 3. The van der Waals surface area contributed by atoms with Crippen LogP contribution in [0.4, 0.5) is 5.69 Å². The van der Waals surface area contributed by atoms with E-state index in [1.165, 1.54) is 33.5 Å². The van der Waals surface area contributed by atoms with Gasteiger partial charge in [-0.3, -0.25) is 15.0 Å². The minimum absolute atomic E-state index is 0.0399.